The fraction of sp³-hybridized carbons (Fsp3) is 0.200. The van der Waals surface area contributed by atoms with E-state index in [-0.39, 0.29) is 5.97 Å². The van der Waals surface area contributed by atoms with Gasteiger partial charge in [0.1, 0.15) is 6.67 Å². The van der Waals surface area contributed by atoms with Crippen molar-refractivity contribution in [3.63, 3.8) is 0 Å². The molecule has 0 spiro atoms. The maximum absolute atomic E-state index is 10.7. The van der Waals surface area contributed by atoms with Gasteiger partial charge < -0.3 is 4.84 Å². The van der Waals surface area contributed by atoms with Crippen molar-refractivity contribution in [2.45, 2.75) is 6.92 Å². The first-order valence-corrected chi connectivity index (χ1v) is 4.32. The van der Waals surface area contributed by atoms with Crippen molar-refractivity contribution in [2.75, 3.05) is 6.67 Å². The number of nitrogens with zero attached hydrogens (tertiary/aromatic N) is 2. The number of hydrogen-bond acceptors (Lipinski definition) is 4. The highest BCUT2D eigenvalue weighted by Crippen LogP contribution is 1.94. The van der Waals surface area contributed by atoms with E-state index in [1.807, 2.05) is 24.3 Å². The van der Waals surface area contributed by atoms with E-state index in [4.69, 9.17) is 4.84 Å². The standard InChI is InChI=1S/C10H10N2O2/c1-8(13)14-12-6-9-4-2-3-5-10(9)11-7-12/h2-6H,7H2,1H3. The zero-order valence-corrected chi connectivity index (χ0v) is 7.80. The summed E-state index contributed by atoms with van der Waals surface area (Å²) in [6.07, 6.45) is 1.77. The Kier molecular flexibility index (Phi) is 2.18. The molecule has 2 rings (SSSR count). The monoisotopic (exact) mass is 190 g/mol. The molecule has 0 bridgehead atoms. The highest BCUT2D eigenvalue weighted by Gasteiger charge is 2.05. The number of hydrogen-bond donors (Lipinski definition) is 0. The minimum atomic E-state index is -0.337. The molecule has 0 aromatic heterocycles. The molecule has 0 radical (unpaired) electrons. The molecule has 14 heavy (non-hydrogen) atoms. The van der Waals surface area contributed by atoms with Crippen molar-refractivity contribution in [1.29, 1.82) is 0 Å². The molecule has 4 heteroatoms. The predicted octanol–water partition coefficient (Wildman–Crippen LogP) is -0.205. The molecule has 1 aromatic rings. The van der Waals surface area contributed by atoms with Crippen LogP contribution in [0.1, 0.15) is 6.92 Å². The van der Waals surface area contributed by atoms with Gasteiger partial charge >= 0.3 is 5.97 Å². The molecule has 0 amide bonds. The molecule has 0 unspecified atom stereocenters. The molecular formula is C10H10N2O2. The smallest absolute Gasteiger partial charge is 0.329 e. The van der Waals surface area contributed by atoms with E-state index in [1.54, 1.807) is 6.20 Å². The summed E-state index contributed by atoms with van der Waals surface area (Å²) in [5, 5.41) is 3.31. The van der Waals surface area contributed by atoms with Crippen molar-refractivity contribution in [3.8, 4) is 0 Å². The summed E-state index contributed by atoms with van der Waals surface area (Å²) >= 11 is 0. The van der Waals surface area contributed by atoms with E-state index < -0.39 is 0 Å². The number of para-hydroxylation sites is 1. The van der Waals surface area contributed by atoms with E-state index in [2.05, 4.69) is 4.99 Å². The second-order valence-corrected chi connectivity index (χ2v) is 2.99. The van der Waals surface area contributed by atoms with Gasteiger partial charge in [-0.15, -0.1) is 0 Å². The largest absolute Gasteiger partial charge is 0.340 e. The third-order valence-electron chi connectivity index (χ3n) is 1.85. The van der Waals surface area contributed by atoms with Crippen molar-refractivity contribution < 1.29 is 9.63 Å². The third-order valence-corrected chi connectivity index (χ3v) is 1.85. The van der Waals surface area contributed by atoms with Crippen LogP contribution in [-0.4, -0.2) is 17.7 Å². The van der Waals surface area contributed by atoms with Crippen LogP contribution in [0, 0.1) is 0 Å². The molecule has 1 heterocycles. The van der Waals surface area contributed by atoms with Gasteiger partial charge in [0.15, 0.2) is 0 Å². The summed E-state index contributed by atoms with van der Waals surface area (Å²) in [5.74, 6) is -0.337. The number of fused-ring (bicyclic) bond motifs is 1. The van der Waals surface area contributed by atoms with Crippen LogP contribution in [0.4, 0.5) is 0 Å². The lowest BCUT2D eigenvalue weighted by atomic mass is 10.3. The second-order valence-electron chi connectivity index (χ2n) is 2.99. The van der Waals surface area contributed by atoms with Crippen LogP contribution in [0.2, 0.25) is 0 Å². The Labute approximate surface area is 81.1 Å². The zero-order valence-electron chi connectivity index (χ0n) is 7.80. The molecule has 0 fully saturated rings. The molecule has 0 saturated heterocycles. The normalized spacial score (nSPS) is 13.6. The third kappa shape index (κ3) is 1.74. The van der Waals surface area contributed by atoms with Gasteiger partial charge in [0.05, 0.1) is 11.6 Å². The number of benzene rings is 1. The van der Waals surface area contributed by atoms with Gasteiger partial charge in [-0.25, -0.2) is 0 Å². The van der Waals surface area contributed by atoms with Gasteiger partial charge in [-0.3, -0.25) is 9.79 Å². The molecule has 0 atom stereocenters. The minimum Gasteiger partial charge on any atom is -0.340 e. The molecule has 1 aromatic carbocycles. The Morgan fingerprint density at radius 2 is 2.29 bits per heavy atom. The Bertz CT molecular complexity index is 467. The van der Waals surface area contributed by atoms with E-state index in [1.165, 1.54) is 12.0 Å². The minimum absolute atomic E-state index is 0.337. The van der Waals surface area contributed by atoms with Gasteiger partial charge in [-0.1, -0.05) is 18.2 Å². The molecule has 0 saturated carbocycles. The van der Waals surface area contributed by atoms with Crippen LogP contribution in [0.5, 0.6) is 0 Å². The highest BCUT2D eigenvalue weighted by molar-refractivity contribution is 5.65. The van der Waals surface area contributed by atoms with Gasteiger partial charge in [0.25, 0.3) is 0 Å². The lowest BCUT2D eigenvalue weighted by Gasteiger charge is -2.17. The van der Waals surface area contributed by atoms with E-state index >= 15 is 0 Å². The number of rotatable bonds is 1. The topological polar surface area (TPSA) is 41.9 Å². The number of hydroxylamine groups is 2. The summed E-state index contributed by atoms with van der Waals surface area (Å²) in [7, 11) is 0. The maximum atomic E-state index is 10.7. The van der Waals surface area contributed by atoms with Crippen LogP contribution in [0.3, 0.4) is 0 Å². The average molecular weight is 190 g/mol. The summed E-state index contributed by atoms with van der Waals surface area (Å²) < 4.78 is 0. The Morgan fingerprint density at radius 3 is 3.07 bits per heavy atom. The lowest BCUT2D eigenvalue weighted by molar-refractivity contribution is -0.171. The van der Waals surface area contributed by atoms with Crippen LogP contribution >= 0.6 is 0 Å². The first kappa shape index (κ1) is 8.74. The van der Waals surface area contributed by atoms with E-state index in [9.17, 15) is 4.79 Å². The van der Waals surface area contributed by atoms with Gasteiger partial charge in [0, 0.05) is 12.1 Å². The fourth-order valence-corrected chi connectivity index (χ4v) is 1.30. The molecule has 4 nitrogen and oxygen atoms in total. The summed E-state index contributed by atoms with van der Waals surface area (Å²) in [5.41, 5.74) is 0. The molecule has 1 aliphatic rings. The Balaban J connectivity index is 2.34. The van der Waals surface area contributed by atoms with Gasteiger partial charge in [-0.05, 0) is 6.07 Å². The summed E-state index contributed by atoms with van der Waals surface area (Å²) in [6, 6.07) is 7.70. The molecule has 1 aliphatic heterocycles. The quantitative estimate of drug-likeness (QED) is 0.615. The number of carbonyl (C=O) groups excluding carboxylic acids is 1. The molecular weight excluding hydrogens is 180 g/mol. The highest BCUT2D eigenvalue weighted by atomic mass is 16.7. The molecule has 72 valence electrons. The van der Waals surface area contributed by atoms with Gasteiger partial charge in [0.2, 0.25) is 0 Å². The first-order valence-electron chi connectivity index (χ1n) is 4.32. The Morgan fingerprint density at radius 1 is 1.50 bits per heavy atom. The predicted molar refractivity (Wildman–Crippen MR) is 50.2 cm³/mol. The fourth-order valence-electron chi connectivity index (χ4n) is 1.30. The number of carbonyl (C=O) groups is 1. The summed E-state index contributed by atoms with van der Waals surface area (Å²) in [6.45, 7) is 1.73. The van der Waals surface area contributed by atoms with Crippen molar-refractivity contribution in [3.05, 3.63) is 34.8 Å². The first-order chi connectivity index (χ1) is 6.75. The van der Waals surface area contributed by atoms with Crippen molar-refractivity contribution in [1.82, 2.24) is 5.06 Å². The lowest BCUT2D eigenvalue weighted by Crippen LogP contribution is -2.36. The van der Waals surface area contributed by atoms with Crippen molar-refractivity contribution in [2.24, 2.45) is 4.99 Å². The van der Waals surface area contributed by atoms with Crippen molar-refractivity contribution >= 4 is 12.2 Å². The maximum Gasteiger partial charge on any atom is 0.329 e. The van der Waals surface area contributed by atoms with E-state index in [0.717, 1.165) is 10.6 Å². The van der Waals surface area contributed by atoms with Crippen LogP contribution in [0.25, 0.3) is 6.20 Å². The zero-order chi connectivity index (χ0) is 9.97. The van der Waals surface area contributed by atoms with Gasteiger partial charge in [-0.2, -0.15) is 5.06 Å². The molecule has 0 N–H and O–H groups in total. The molecule has 0 aliphatic carbocycles. The van der Waals surface area contributed by atoms with Crippen LogP contribution < -0.4 is 10.6 Å². The summed E-state index contributed by atoms with van der Waals surface area (Å²) in [4.78, 5) is 19.8. The second kappa shape index (κ2) is 3.49. The average Bonchev–Trinajstić information content (AvgIpc) is 2.17. The Hall–Kier alpha value is -1.84. The van der Waals surface area contributed by atoms with E-state index in [0.29, 0.717) is 6.67 Å². The SMILES string of the molecule is CC(=O)ON1C=c2ccccc2=NC1. The van der Waals surface area contributed by atoms with Crippen LogP contribution in [-0.2, 0) is 9.63 Å². The van der Waals surface area contributed by atoms with Crippen LogP contribution in [0.15, 0.2) is 29.3 Å².